The van der Waals surface area contributed by atoms with Crippen molar-refractivity contribution in [3.63, 3.8) is 0 Å². The van der Waals surface area contributed by atoms with Crippen LogP contribution in [0.5, 0.6) is 0 Å². The molecular formula is C29H57N2Si+. The van der Waals surface area contributed by atoms with Crippen molar-refractivity contribution in [2.24, 2.45) is 0 Å². The maximum Gasteiger partial charge on any atom is 0.104 e. The second-order valence-corrected chi connectivity index (χ2v) is 11.7. The summed E-state index contributed by atoms with van der Waals surface area (Å²) < 4.78 is 1.05. The van der Waals surface area contributed by atoms with E-state index < -0.39 is 0 Å². The molecule has 0 aliphatic heterocycles. The van der Waals surface area contributed by atoms with Crippen molar-refractivity contribution in [3.05, 3.63) is 35.9 Å². The minimum absolute atomic E-state index is 1.05. The quantitative estimate of drug-likeness (QED) is 0.106. The molecule has 1 N–H and O–H groups in total. The summed E-state index contributed by atoms with van der Waals surface area (Å²) in [7, 11) is 6.08. The van der Waals surface area contributed by atoms with Gasteiger partial charge >= 0.3 is 0 Å². The van der Waals surface area contributed by atoms with Gasteiger partial charge in [-0.3, -0.25) is 0 Å². The molecule has 0 atom stereocenters. The van der Waals surface area contributed by atoms with Crippen molar-refractivity contribution in [1.29, 1.82) is 0 Å². The molecule has 0 aliphatic carbocycles. The number of hydrogen-bond acceptors (Lipinski definition) is 1. The van der Waals surface area contributed by atoms with E-state index in [1.807, 2.05) is 0 Å². The van der Waals surface area contributed by atoms with Crippen LogP contribution in [0.15, 0.2) is 30.3 Å². The van der Waals surface area contributed by atoms with Gasteiger partial charge in [0.05, 0.1) is 20.6 Å². The molecule has 1 rings (SSSR count). The third-order valence-corrected chi connectivity index (χ3v) is 7.51. The second kappa shape index (κ2) is 20.9. The minimum atomic E-state index is 1.05. The van der Waals surface area contributed by atoms with Crippen LogP contribution in [-0.2, 0) is 6.54 Å². The SMILES string of the molecule is C[N+](C)(CCNCCCCCCCCCCCCCCCCCC[SiH3])Cc1ccccc1. The third-order valence-electron chi connectivity index (χ3n) is 6.80. The number of hydrogen-bond donors (Lipinski definition) is 1. The van der Waals surface area contributed by atoms with Crippen LogP contribution in [0.1, 0.15) is 108 Å². The number of quaternary nitrogens is 1. The van der Waals surface area contributed by atoms with Crippen LogP contribution in [0.3, 0.4) is 0 Å². The molecule has 1 aromatic carbocycles. The Morgan fingerprint density at radius 3 is 1.50 bits per heavy atom. The molecule has 0 amide bonds. The van der Waals surface area contributed by atoms with Gasteiger partial charge in [-0.25, -0.2) is 0 Å². The number of unbranched alkanes of at least 4 members (excludes halogenated alkanes) is 15. The third kappa shape index (κ3) is 18.9. The summed E-state index contributed by atoms with van der Waals surface area (Å²) >= 11 is 0. The monoisotopic (exact) mass is 461 g/mol. The molecule has 0 spiro atoms. The molecule has 0 aromatic heterocycles. The van der Waals surface area contributed by atoms with Crippen LogP contribution >= 0.6 is 0 Å². The highest BCUT2D eigenvalue weighted by molar-refractivity contribution is 6.08. The average Bonchev–Trinajstić information content (AvgIpc) is 2.78. The average molecular weight is 462 g/mol. The van der Waals surface area contributed by atoms with Crippen LogP contribution < -0.4 is 5.32 Å². The fourth-order valence-corrected chi connectivity index (χ4v) is 5.14. The molecule has 0 fully saturated rings. The smallest absolute Gasteiger partial charge is 0.104 e. The van der Waals surface area contributed by atoms with Crippen molar-refractivity contribution in [2.75, 3.05) is 33.7 Å². The Kier molecular flexibility index (Phi) is 19.2. The molecule has 0 aliphatic rings. The molecule has 2 nitrogen and oxygen atoms in total. The van der Waals surface area contributed by atoms with E-state index in [1.165, 1.54) is 138 Å². The fourth-order valence-electron chi connectivity index (χ4n) is 4.64. The van der Waals surface area contributed by atoms with E-state index in [1.54, 1.807) is 0 Å². The Bertz CT molecular complexity index is 503. The highest BCUT2D eigenvalue weighted by Gasteiger charge is 2.14. The minimum Gasteiger partial charge on any atom is -0.324 e. The van der Waals surface area contributed by atoms with Gasteiger partial charge in [0.25, 0.3) is 0 Å². The first-order valence-corrected chi connectivity index (χ1v) is 15.6. The predicted molar refractivity (Wildman–Crippen MR) is 149 cm³/mol. The van der Waals surface area contributed by atoms with E-state index in [9.17, 15) is 0 Å². The van der Waals surface area contributed by atoms with E-state index >= 15 is 0 Å². The van der Waals surface area contributed by atoms with E-state index in [4.69, 9.17) is 0 Å². The van der Waals surface area contributed by atoms with Crippen molar-refractivity contribution in [1.82, 2.24) is 5.32 Å². The molecule has 0 radical (unpaired) electrons. The van der Waals surface area contributed by atoms with Crippen molar-refractivity contribution in [2.45, 2.75) is 115 Å². The topological polar surface area (TPSA) is 12.0 Å². The normalized spacial score (nSPS) is 11.9. The molecule has 186 valence electrons. The summed E-state index contributed by atoms with van der Waals surface area (Å²) in [5, 5.41) is 3.67. The largest absolute Gasteiger partial charge is 0.324 e. The van der Waals surface area contributed by atoms with Crippen LogP contribution in [0.25, 0.3) is 0 Å². The second-order valence-electron chi connectivity index (χ2n) is 10.7. The molecular weight excluding hydrogens is 404 g/mol. The summed E-state index contributed by atoms with van der Waals surface area (Å²) in [5.74, 6) is 0. The lowest BCUT2D eigenvalue weighted by atomic mass is 10.0. The van der Waals surface area contributed by atoms with E-state index in [0.717, 1.165) is 17.6 Å². The van der Waals surface area contributed by atoms with Crippen molar-refractivity contribution >= 4 is 10.2 Å². The molecule has 32 heavy (non-hydrogen) atoms. The molecule has 0 unspecified atom stereocenters. The zero-order valence-electron chi connectivity index (χ0n) is 22.2. The van der Waals surface area contributed by atoms with Gasteiger partial charge in [-0.2, -0.15) is 0 Å². The lowest BCUT2D eigenvalue weighted by Crippen LogP contribution is -2.43. The van der Waals surface area contributed by atoms with E-state index in [0.29, 0.717) is 0 Å². The summed E-state index contributed by atoms with van der Waals surface area (Å²) in [6.45, 7) is 4.61. The van der Waals surface area contributed by atoms with Gasteiger partial charge < -0.3 is 9.80 Å². The van der Waals surface area contributed by atoms with Gasteiger partial charge in [-0.1, -0.05) is 133 Å². The molecule has 0 bridgehead atoms. The Hall–Kier alpha value is -0.643. The highest BCUT2D eigenvalue weighted by atomic mass is 28.1. The first-order valence-electron chi connectivity index (χ1n) is 14.2. The lowest BCUT2D eigenvalue weighted by molar-refractivity contribution is -0.902. The van der Waals surface area contributed by atoms with Gasteiger partial charge in [0.15, 0.2) is 0 Å². The van der Waals surface area contributed by atoms with Gasteiger partial charge in [0, 0.05) is 22.4 Å². The van der Waals surface area contributed by atoms with Gasteiger partial charge in [-0.05, 0) is 13.0 Å². The van der Waals surface area contributed by atoms with Gasteiger partial charge in [0.1, 0.15) is 6.54 Å². The number of likely N-dealkylation sites (N-methyl/N-ethyl adjacent to an activating group) is 1. The Labute approximate surface area is 205 Å². The predicted octanol–water partition coefficient (Wildman–Crippen LogP) is 6.88. The van der Waals surface area contributed by atoms with E-state index in [2.05, 4.69) is 49.7 Å². The molecule has 3 heteroatoms. The van der Waals surface area contributed by atoms with Crippen molar-refractivity contribution in [3.8, 4) is 0 Å². The maximum absolute atomic E-state index is 3.67. The lowest BCUT2D eigenvalue weighted by Gasteiger charge is -2.30. The van der Waals surface area contributed by atoms with Crippen LogP contribution in [0.2, 0.25) is 6.04 Å². The van der Waals surface area contributed by atoms with Crippen LogP contribution in [0, 0.1) is 0 Å². The van der Waals surface area contributed by atoms with Gasteiger partial charge in [0.2, 0.25) is 0 Å². The zero-order valence-corrected chi connectivity index (χ0v) is 24.2. The zero-order chi connectivity index (χ0) is 23.2. The van der Waals surface area contributed by atoms with Crippen molar-refractivity contribution < 1.29 is 4.48 Å². The van der Waals surface area contributed by atoms with Crippen LogP contribution in [0.4, 0.5) is 0 Å². The van der Waals surface area contributed by atoms with Crippen LogP contribution in [-0.4, -0.2) is 48.5 Å². The number of nitrogens with zero attached hydrogens (tertiary/aromatic N) is 1. The first kappa shape index (κ1) is 29.4. The molecule has 0 saturated heterocycles. The summed E-state index contributed by atoms with van der Waals surface area (Å²) in [5.41, 5.74) is 1.44. The number of nitrogens with one attached hydrogen (secondary N) is 1. The number of rotatable bonds is 23. The van der Waals surface area contributed by atoms with Gasteiger partial charge in [-0.15, -0.1) is 0 Å². The fraction of sp³-hybridized carbons (Fsp3) is 0.793. The Balaban J connectivity index is 1.76. The molecule has 0 heterocycles. The van der Waals surface area contributed by atoms with E-state index in [-0.39, 0.29) is 0 Å². The standard InChI is InChI=1S/C29H57N2Si/c1-31(2,28-29-22-18-17-19-23-29)26-25-30-24-20-15-13-11-9-7-5-3-4-6-8-10-12-14-16-21-27-32/h17-19,22-23,30H,3-16,20-21,24-28H2,1-2,32H3/q+1. The number of benzene rings is 1. The maximum atomic E-state index is 3.67. The summed E-state index contributed by atoms with van der Waals surface area (Å²) in [6.07, 6.45) is 23.4. The summed E-state index contributed by atoms with van der Waals surface area (Å²) in [6, 6.07) is 12.4. The molecule has 0 saturated carbocycles. The Morgan fingerprint density at radius 1 is 0.594 bits per heavy atom. The summed E-state index contributed by atoms with van der Waals surface area (Å²) in [4.78, 5) is 0. The highest BCUT2D eigenvalue weighted by Crippen LogP contribution is 2.14. The Morgan fingerprint density at radius 2 is 1.03 bits per heavy atom. The molecule has 1 aromatic rings. The first-order chi connectivity index (χ1) is 15.6.